The number of fused-ring (bicyclic) bond motifs is 6. The third-order valence-corrected chi connectivity index (χ3v) is 6.69. The van der Waals surface area contributed by atoms with E-state index >= 15 is 0 Å². The van der Waals surface area contributed by atoms with Crippen LogP contribution >= 0.6 is 11.3 Å². The Kier molecular flexibility index (Phi) is 4.18. The number of rotatable bonds is 3. The number of methoxy groups -OCH3 is 1. The summed E-state index contributed by atoms with van der Waals surface area (Å²) in [4.78, 5) is 31.4. The Labute approximate surface area is 176 Å². The number of ether oxygens (including phenoxy) is 2. The molecule has 0 aliphatic carbocycles. The molecule has 7 heteroatoms. The molecule has 6 nitrogen and oxygen atoms in total. The summed E-state index contributed by atoms with van der Waals surface area (Å²) >= 11 is 1.31. The quantitative estimate of drug-likeness (QED) is 0.652. The Balaban J connectivity index is 1.78. The van der Waals surface area contributed by atoms with E-state index in [0.29, 0.717) is 15.1 Å². The van der Waals surface area contributed by atoms with Crippen molar-refractivity contribution in [3.63, 3.8) is 0 Å². The highest BCUT2D eigenvalue weighted by atomic mass is 32.1. The molecular formula is C23H20N2O4S. The van der Waals surface area contributed by atoms with Gasteiger partial charge < -0.3 is 9.47 Å². The van der Waals surface area contributed by atoms with Crippen LogP contribution in [0.2, 0.25) is 0 Å². The number of benzene rings is 2. The van der Waals surface area contributed by atoms with Crippen molar-refractivity contribution in [1.82, 2.24) is 4.57 Å². The molecule has 3 atom stereocenters. The molecule has 0 saturated carbocycles. The van der Waals surface area contributed by atoms with Gasteiger partial charge in [-0.25, -0.2) is 4.99 Å². The van der Waals surface area contributed by atoms with Gasteiger partial charge in [-0.05, 0) is 43.7 Å². The molecule has 152 valence electrons. The first-order chi connectivity index (χ1) is 14.4. The Morgan fingerprint density at radius 1 is 1.27 bits per heavy atom. The van der Waals surface area contributed by atoms with Crippen molar-refractivity contribution in [2.24, 2.45) is 10.9 Å². The predicted molar refractivity (Wildman–Crippen MR) is 114 cm³/mol. The number of ketones is 1. The normalized spacial score (nSPS) is 24.3. The van der Waals surface area contributed by atoms with E-state index in [-0.39, 0.29) is 11.3 Å². The number of hydrogen-bond donors (Lipinski definition) is 0. The molecule has 0 saturated heterocycles. The van der Waals surface area contributed by atoms with Crippen LogP contribution in [-0.2, 0) is 4.79 Å². The second-order valence-electron chi connectivity index (χ2n) is 7.68. The van der Waals surface area contributed by atoms with Gasteiger partial charge in [0.1, 0.15) is 23.2 Å². The summed E-state index contributed by atoms with van der Waals surface area (Å²) in [5, 5.41) is 0. The topological polar surface area (TPSA) is 69.9 Å². The third kappa shape index (κ3) is 2.73. The van der Waals surface area contributed by atoms with Crippen LogP contribution in [0.4, 0.5) is 0 Å². The van der Waals surface area contributed by atoms with Crippen molar-refractivity contribution in [2.45, 2.75) is 25.6 Å². The van der Waals surface area contributed by atoms with E-state index in [2.05, 4.69) is 0 Å². The second kappa shape index (κ2) is 6.67. The smallest absolute Gasteiger partial charge is 0.270 e. The van der Waals surface area contributed by atoms with Gasteiger partial charge in [-0.3, -0.25) is 14.2 Å². The van der Waals surface area contributed by atoms with Gasteiger partial charge in [0.05, 0.1) is 17.7 Å². The lowest BCUT2D eigenvalue weighted by atomic mass is 9.79. The largest absolute Gasteiger partial charge is 0.497 e. The molecule has 3 heterocycles. The lowest BCUT2D eigenvalue weighted by Gasteiger charge is -2.45. The fraction of sp³-hybridized carbons (Fsp3) is 0.261. The fourth-order valence-corrected chi connectivity index (χ4v) is 5.54. The lowest BCUT2D eigenvalue weighted by Crippen LogP contribution is -2.58. The summed E-state index contributed by atoms with van der Waals surface area (Å²) in [5.41, 5.74) is 0.491. The molecule has 2 aliphatic rings. The van der Waals surface area contributed by atoms with Crippen molar-refractivity contribution in [3.8, 4) is 11.5 Å². The molecule has 2 bridgehead atoms. The molecule has 0 unspecified atom stereocenters. The summed E-state index contributed by atoms with van der Waals surface area (Å²) < 4.78 is 13.7. The lowest BCUT2D eigenvalue weighted by molar-refractivity contribution is -0.132. The summed E-state index contributed by atoms with van der Waals surface area (Å²) in [6, 6.07) is 14.6. The molecule has 1 aromatic heterocycles. The van der Waals surface area contributed by atoms with E-state index in [1.165, 1.54) is 18.3 Å². The predicted octanol–water partition coefficient (Wildman–Crippen LogP) is 2.28. The maximum Gasteiger partial charge on any atom is 0.270 e. The molecule has 0 N–H and O–H groups in total. The van der Waals surface area contributed by atoms with Gasteiger partial charge in [0.15, 0.2) is 4.80 Å². The van der Waals surface area contributed by atoms with Gasteiger partial charge in [-0.15, -0.1) is 0 Å². The van der Waals surface area contributed by atoms with Gasteiger partial charge in [0.2, 0.25) is 5.72 Å². The molecule has 0 radical (unpaired) electrons. The van der Waals surface area contributed by atoms with Crippen molar-refractivity contribution in [1.29, 1.82) is 0 Å². The van der Waals surface area contributed by atoms with Crippen LogP contribution in [0, 0.1) is 5.92 Å². The Morgan fingerprint density at radius 2 is 2.07 bits per heavy atom. The van der Waals surface area contributed by atoms with Crippen LogP contribution in [0.5, 0.6) is 11.5 Å². The zero-order valence-corrected chi connectivity index (χ0v) is 17.6. The van der Waals surface area contributed by atoms with Crippen LogP contribution in [-0.4, -0.2) is 23.2 Å². The van der Waals surface area contributed by atoms with E-state index in [0.717, 1.165) is 16.9 Å². The summed E-state index contributed by atoms with van der Waals surface area (Å²) in [7, 11) is 1.61. The minimum Gasteiger partial charge on any atom is -0.497 e. The maximum absolute atomic E-state index is 13.5. The van der Waals surface area contributed by atoms with E-state index in [4.69, 9.17) is 14.5 Å². The Bertz CT molecular complexity index is 1360. The van der Waals surface area contributed by atoms with Crippen molar-refractivity contribution in [3.05, 3.63) is 79.3 Å². The number of nitrogens with zero attached hydrogens (tertiary/aromatic N) is 2. The van der Waals surface area contributed by atoms with Gasteiger partial charge >= 0.3 is 0 Å². The second-order valence-corrected chi connectivity index (χ2v) is 8.69. The highest BCUT2D eigenvalue weighted by molar-refractivity contribution is 7.07. The molecule has 2 aromatic carbocycles. The van der Waals surface area contributed by atoms with Crippen LogP contribution in [0.1, 0.15) is 31.0 Å². The first-order valence-corrected chi connectivity index (χ1v) is 10.5. The van der Waals surface area contributed by atoms with Crippen molar-refractivity contribution >= 4 is 23.2 Å². The van der Waals surface area contributed by atoms with Crippen LogP contribution < -0.4 is 24.4 Å². The zero-order valence-electron chi connectivity index (χ0n) is 16.8. The summed E-state index contributed by atoms with van der Waals surface area (Å²) in [5.74, 6) is 0.755. The molecule has 30 heavy (non-hydrogen) atoms. The van der Waals surface area contributed by atoms with Gasteiger partial charge in [-0.1, -0.05) is 41.7 Å². The number of carbonyl (C=O) groups excluding carboxylic acids is 1. The number of para-hydroxylation sites is 1. The molecule has 5 rings (SSSR count). The van der Waals surface area contributed by atoms with E-state index < -0.39 is 17.7 Å². The SMILES string of the molecule is COc1cccc(/C=c2\sc3n(c2=O)[C@H]2c4ccccc4O[C@](C)(N=3)[C@@H]2C(C)=O)c1. The van der Waals surface area contributed by atoms with E-state index in [1.54, 1.807) is 11.7 Å². The first kappa shape index (κ1) is 18.8. The minimum atomic E-state index is -1.05. The van der Waals surface area contributed by atoms with Gasteiger partial charge in [0, 0.05) is 5.56 Å². The summed E-state index contributed by atoms with van der Waals surface area (Å²) in [6.45, 7) is 3.36. The number of aromatic nitrogens is 1. The molecule has 0 fully saturated rings. The van der Waals surface area contributed by atoms with Gasteiger partial charge in [-0.2, -0.15) is 0 Å². The molecule has 0 amide bonds. The molecule has 3 aromatic rings. The summed E-state index contributed by atoms with van der Waals surface area (Å²) in [6.07, 6.45) is 1.83. The Hall–Kier alpha value is -3.19. The number of Topliss-reactive ketones (excluding diaryl/α,β-unsaturated/α-hetero) is 1. The number of thiazole rings is 1. The van der Waals surface area contributed by atoms with Crippen molar-refractivity contribution < 1.29 is 14.3 Å². The third-order valence-electron chi connectivity index (χ3n) is 5.71. The zero-order chi connectivity index (χ0) is 21.0. The van der Waals surface area contributed by atoms with E-state index in [9.17, 15) is 9.59 Å². The molecule has 0 spiro atoms. The monoisotopic (exact) mass is 420 g/mol. The van der Waals surface area contributed by atoms with Crippen LogP contribution in [0.15, 0.2) is 58.3 Å². The van der Waals surface area contributed by atoms with Crippen molar-refractivity contribution in [2.75, 3.05) is 7.11 Å². The standard InChI is InChI=1S/C23H20N2O4S/c1-13(26)19-20-16-9-4-5-10-17(16)29-23(19,2)24-22-25(20)21(27)18(30-22)12-14-7-6-8-15(11-14)28-3/h4-12,19-20H,1-3H3/b18-12-/t19-,20+,23+/m1/s1. The highest BCUT2D eigenvalue weighted by Crippen LogP contribution is 2.47. The van der Waals surface area contributed by atoms with E-state index in [1.807, 2.05) is 61.5 Å². The van der Waals surface area contributed by atoms with Gasteiger partial charge in [0.25, 0.3) is 5.56 Å². The highest BCUT2D eigenvalue weighted by Gasteiger charge is 2.53. The number of hydrogen-bond acceptors (Lipinski definition) is 6. The molecular weight excluding hydrogens is 400 g/mol. The minimum absolute atomic E-state index is 0.0529. The molecule has 2 aliphatic heterocycles. The van der Waals surface area contributed by atoms with Crippen LogP contribution in [0.25, 0.3) is 6.08 Å². The Morgan fingerprint density at radius 3 is 2.83 bits per heavy atom. The average molecular weight is 420 g/mol. The average Bonchev–Trinajstić information content (AvgIpc) is 3.01. The fourth-order valence-electron chi connectivity index (χ4n) is 4.44. The number of carbonyl (C=O) groups is 1. The van der Waals surface area contributed by atoms with Crippen LogP contribution in [0.3, 0.4) is 0 Å². The first-order valence-electron chi connectivity index (χ1n) is 9.67. The maximum atomic E-state index is 13.5.